The van der Waals surface area contributed by atoms with Gasteiger partial charge in [0.05, 0.1) is 11.1 Å². The molecule has 2 amide bonds. The SMILES string of the molecule is Cc1ccc(C(N)=O)cc1NC(=O)[C@H]1O[C@@H](n2cc(-c3ccn(C)n3)c3c(N)ncnc32)[C@H](O)[C@@H]1O. The molecule has 7 N–H and O–H groups in total. The minimum Gasteiger partial charge on any atom is -0.387 e. The van der Waals surface area contributed by atoms with Crippen LogP contribution < -0.4 is 16.8 Å². The molecule has 1 aliphatic rings. The highest BCUT2D eigenvalue weighted by Gasteiger charge is 2.48. The lowest BCUT2D eigenvalue weighted by molar-refractivity contribution is -0.132. The molecular formula is C23H24N8O5. The van der Waals surface area contributed by atoms with Crippen LogP contribution in [0.4, 0.5) is 11.5 Å². The zero-order chi connectivity index (χ0) is 25.7. The predicted octanol–water partition coefficient (Wildman–Crippen LogP) is 0.0792. The van der Waals surface area contributed by atoms with Crippen molar-refractivity contribution in [1.82, 2.24) is 24.3 Å². The highest BCUT2D eigenvalue weighted by molar-refractivity contribution is 6.00. The van der Waals surface area contributed by atoms with E-state index >= 15 is 0 Å². The fourth-order valence-electron chi connectivity index (χ4n) is 4.28. The van der Waals surface area contributed by atoms with Gasteiger partial charge in [-0.1, -0.05) is 6.07 Å². The summed E-state index contributed by atoms with van der Waals surface area (Å²) < 4.78 is 8.98. The second-order valence-corrected chi connectivity index (χ2v) is 8.59. The van der Waals surface area contributed by atoms with Crippen LogP contribution in [-0.4, -0.2) is 64.7 Å². The average Bonchev–Trinajstić information content (AvgIpc) is 3.52. The molecule has 4 heterocycles. The molecule has 0 aliphatic carbocycles. The van der Waals surface area contributed by atoms with Crippen LogP contribution in [0.5, 0.6) is 0 Å². The number of nitrogens with two attached hydrogens (primary N) is 2. The number of ether oxygens (including phenoxy) is 1. The van der Waals surface area contributed by atoms with E-state index in [1.807, 2.05) is 0 Å². The van der Waals surface area contributed by atoms with E-state index in [0.29, 0.717) is 33.5 Å². The van der Waals surface area contributed by atoms with Crippen molar-refractivity contribution in [3.63, 3.8) is 0 Å². The second kappa shape index (κ2) is 8.71. The molecule has 4 aromatic rings. The van der Waals surface area contributed by atoms with Gasteiger partial charge in [-0.15, -0.1) is 0 Å². The van der Waals surface area contributed by atoms with E-state index in [1.165, 1.54) is 23.0 Å². The maximum absolute atomic E-state index is 13.0. The minimum absolute atomic E-state index is 0.200. The smallest absolute Gasteiger partial charge is 0.256 e. The van der Waals surface area contributed by atoms with E-state index in [4.69, 9.17) is 16.2 Å². The van der Waals surface area contributed by atoms with Crippen molar-refractivity contribution < 1.29 is 24.5 Å². The number of aryl methyl sites for hydroxylation is 2. The third kappa shape index (κ3) is 3.84. The predicted molar refractivity (Wildman–Crippen MR) is 128 cm³/mol. The van der Waals surface area contributed by atoms with Crippen LogP contribution >= 0.6 is 0 Å². The molecule has 0 unspecified atom stereocenters. The van der Waals surface area contributed by atoms with Gasteiger partial charge in [0.1, 0.15) is 30.0 Å². The van der Waals surface area contributed by atoms with Crippen LogP contribution in [0, 0.1) is 6.92 Å². The molecule has 1 saturated heterocycles. The van der Waals surface area contributed by atoms with Crippen molar-refractivity contribution in [2.45, 2.75) is 31.5 Å². The zero-order valence-corrected chi connectivity index (χ0v) is 19.4. The van der Waals surface area contributed by atoms with E-state index < -0.39 is 36.4 Å². The zero-order valence-electron chi connectivity index (χ0n) is 19.4. The van der Waals surface area contributed by atoms with E-state index in [-0.39, 0.29) is 11.4 Å². The third-order valence-electron chi connectivity index (χ3n) is 6.18. The number of hydrogen-bond acceptors (Lipinski definition) is 9. The number of carbonyl (C=O) groups is 2. The molecule has 186 valence electrons. The van der Waals surface area contributed by atoms with E-state index in [2.05, 4.69) is 20.4 Å². The Morgan fingerprint density at radius 2 is 1.94 bits per heavy atom. The maximum atomic E-state index is 13.0. The average molecular weight is 492 g/mol. The molecule has 1 aromatic carbocycles. The van der Waals surface area contributed by atoms with Crippen molar-refractivity contribution in [2.75, 3.05) is 11.1 Å². The van der Waals surface area contributed by atoms with Crippen molar-refractivity contribution >= 4 is 34.4 Å². The Labute approximate surface area is 204 Å². The Kier molecular flexibility index (Phi) is 5.67. The summed E-state index contributed by atoms with van der Waals surface area (Å²) in [5.41, 5.74) is 14.2. The first kappa shape index (κ1) is 23.4. The van der Waals surface area contributed by atoms with Gasteiger partial charge in [-0.2, -0.15) is 5.10 Å². The summed E-state index contributed by atoms with van der Waals surface area (Å²) >= 11 is 0. The Bertz CT molecular complexity index is 1500. The number of aliphatic hydroxyl groups excluding tert-OH is 2. The number of aliphatic hydroxyl groups is 2. The number of fused-ring (bicyclic) bond motifs is 1. The maximum Gasteiger partial charge on any atom is 0.256 e. The van der Waals surface area contributed by atoms with Gasteiger partial charge >= 0.3 is 0 Å². The number of nitrogen functional groups attached to an aromatic ring is 1. The highest BCUT2D eigenvalue weighted by Crippen LogP contribution is 2.38. The van der Waals surface area contributed by atoms with Gasteiger partial charge in [-0.3, -0.25) is 14.3 Å². The summed E-state index contributed by atoms with van der Waals surface area (Å²) in [6.07, 6.45) is -0.934. The lowest BCUT2D eigenvalue weighted by Gasteiger charge is -2.17. The summed E-state index contributed by atoms with van der Waals surface area (Å²) in [6.45, 7) is 1.74. The van der Waals surface area contributed by atoms with Crippen molar-refractivity contribution in [1.29, 1.82) is 0 Å². The van der Waals surface area contributed by atoms with Crippen LogP contribution in [0.2, 0.25) is 0 Å². The van der Waals surface area contributed by atoms with Crippen LogP contribution in [0.15, 0.2) is 43.0 Å². The van der Waals surface area contributed by atoms with Gasteiger partial charge in [-0.25, -0.2) is 9.97 Å². The molecule has 0 radical (unpaired) electrons. The summed E-state index contributed by atoms with van der Waals surface area (Å²) in [5.74, 6) is -1.15. The fourth-order valence-corrected chi connectivity index (χ4v) is 4.28. The number of anilines is 2. The molecule has 3 aromatic heterocycles. The highest BCUT2D eigenvalue weighted by atomic mass is 16.6. The van der Waals surface area contributed by atoms with E-state index in [0.717, 1.165) is 0 Å². The van der Waals surface area contributed by atoms with Crippen LogP contribution in [0.1, 0.15) is 22.1 Å². The quantitative estimate of drug-likeness (QED) is 0.256. The summed E-state index contributed by atoms with van der Waals surface area (Å²) in [7, 11) is 1.77. The number of nitrogens with zero attached hydrogens (tertiary/aromatic N) is 5. The molecule has 4 atom stereocenters. The third-order valence-corrected chi connectivity index (χ3v) is 6.18. The molecule has 13 nitrogen and oxygen atoms in total. The fraction of sp³-hybridized carbons (Fsp3) is 0.261. The van der Waals surface area contributed by atoms with Gasteiger partial charge in [0.15, 0.2) is 12.3 Å². The first-order valence-corrected chi connectivity index (χ1v) is 11.0. The minimum atomic E-state index is -1.55. The molecule has 0 bridgehead atoms. The van der Waals surface area contributed by atoms with Crippen LogP contribution in [0.25, 0.3) is 22.3 Å². The lowest BCUT2D eigenvalue weighted by atomic mass is 10.1. The Morgan fingerprint density at radius 3 is 2.64 bits per heavy atom. The van der Waals surface area contributed by atoms with Crippen molar-refractivity contribution in [3.8, 4) is 11.3 Å². The number of benzene rings is 1. The molecule has 36 heavy (non-hydrogen) atoms. The summed E-state index contributed by atoms with van der Waals surface area (Å²) in [5, 5.41) is 29.1. The largest absolute Gasteiger partial charge is 0.387 e. The van der Waals surface area contributed by atoms with Gasteiger partial charge in [0, 0.05) is 36.3 Å². The number of carbonyl (C=O) groups excluding carboxylic acids is 2. The molecule has 1 fully saturated rings. The van der Waals surface area contributed by atoms with Crippen LogP contribution in [0.3, 0.4) is 0 Å². The second-order valence-electron chi connectivity index (χ2n) is 8.59. The number of rotatable bonds is 5. The standard InChI is InChI=1S/C23H24N8O5/c1-10-3-4-11(20(25)34)7-14(10)28-22(35)18-16(32)17(33)23(36-18)31-8-12(13-5-6-30(2)29-13)15-19(24)26-9-27-21(15)31/h3-9,16-18,23,32-33H,1-2H3,(H2,25,34)(H,28,35)(H2,24,26,27)/t16-,17+,18-,23+/m0/s1. The van der Waals surface area contributed by atoms with Crippen molar-refractivity contribution in [2.24, 2.45) is 12.8 Å². The van der Waals surface area contributed by atoms with Gasteiger partial charge in [0.25, 0.3) is 5.91 Å². The van der Waals surface area contributed by atoms with E-state index in [1.54, 1.807) is 43.2 Å². The topological polar surface area (TPSA) is 196 Å². The number of nitrogens with one attached hydrogen (secondary N) is 1. The van der Waals surface area contributed by atoms with Gasteiger partial charge < -0.3 is 36.3 Å². The number of primary amides is 1. The number of amides is 2. The number of aromatic nitrogens is 5. The Hall–Kier alpha value is -4.33. The normalized spacial score (nSPS) is 21.7. The molecule has 5 rings (SSSR count). The molecule has 0 spiro atoms. The molecule has 13 heteroatoms. The Morgan fingerprint density at radius 1 is 1.17 bits per heavy atom. The monoisotopic (exact) mass is 492 g/mol. The van der Waals surface area contributed by atoms with Crippen LogP contribution in [-0.2, 0) is 16.6 Å². The lowest BCUT2D eigenvalue weighted by Crippen LogP contribution is -2.39. The first-order valence-electron chi connectivity index (χ1n) is 11.0. The number of hydrogen-bond donors (Lipinski definition) is 5. The summed E-state index contributed by atoms with van der Waals surface area (Å²) in [6, 6.07) is 6.39. The van der Waals surface area contributed by atoms with Gasteiger partial charge in [-0.05, 0) is 30.7 Å². The Balaban J connectivity index is 1.48. The molecule has 0 saturated carbocycles. The van der Waals surface area contributed by atoms with Crippen molar-refractivity contribution in [3.05, 3.63) is 54.1 Å². The molecule has 1 aliphatic heterocycles. The first-order chi connectivity index (χ1) is 17.2. The summed E-state index contributed by atoms with van der Waals surface area (Å²) in [4.78, 5) is 32.9. The van der Waals surface area contributed by atoms with E-state index in [9.17, 15) is 19.8 Å². The van der Waals surface area contributed by atoms with Gasteiger partial charge in [0.2, 0.25) is 5.91 Å². The molecular weight excluding hydrogens is 468 g/mol.